The van der Waals surface area contributed by atoms with Gasteiger partial charge in [0.2, 0.25) is 0 Å². The minimum atomic E-state index is -0.331. The highest BCUT2D eigenvalue weighted by Gasteiger charge is 2.27. The Morgan fingerprint density at radius 1 is 1.37 bits per heavy atom. The molecule has 2 rings (SSSR count). The number of aliphatic hydroxyl groups excluding tert-OH is 2. The Morgan fingerprint density at radius 3 is 2.74 bits per heavy atom. The van der Waals surface area contributed by atoms with Crippen molar-refractivity contribution in [2.45, 2.75) is 44.4 Å². The molecule has 1 fully saturated rings. The molecule has 2 atom stereocenters. The summed E-state index contributed by atoms with van der Waals surface area (Å²) in [5.41, 5.74) is 2.11. The van der Waals surface area contributed by atoms with Crippen molar-refractivity contribution in [1.82, 2.24) is 0 Å². The van der Waals surface area contributed by atoms with Crippen molar-refractivity contribution in [2.75, 3.05) is 11.9 Å². The number of hydrogen-bond acceptors (Lipinski definition) is 4. The summed E-state index contributed by atoms with van der Waals surface area (Å²) in [7, 11) is 1.92. The fraction of sp³-hybridized carbons (Fsp3) is 0.533. The lowest BCUT2D eigenvalue weighted by atomic mass is 9.91. The molecule has 0 heterocycles. The van der Waals surface area contributed by atoms with E-state index in [0.717, 1.165) is 36.9 Å². The number of nitriles is 1. The van der Waals surface area contributed by atoms with Crippen molar-refractivity contribution >= 4 is 5.69 Å². The Bertz CT molecular complexity index is 482. The number of nitrogens with zero attached hydrogens (tertiary/aromatic N) is 2. The molecule has 4 nitrogen and oxygen atoms in total. The van der Waals surface area contributed by atoms with E-state index in [2.05, 4.69) is 6.07 Å². The van der Waals surface area contributed by atoms with E-state index in [9.17, 15) is 10.4 Å². The minimum absolute atomic E-state index is 0.0648. The van der Waals surface area contributed by atoms with Crippen molar-refractivity contribution in [3.8, 4) is 6.07 Å². The molecule has 0 radical (unpaired) electrons. The summed E-state index contributed by atoms with van der Waals surface area (Å²) in [4.78, 5) is 2.00. The number of rotatable bonds is 3. The van der Waals surface area contributed by atoms with Gasteiger partial charge in [-0.15, -0.1) is 0 Å². The van der Waals surface area contributed by atoms with Crippen molar-refractivity contribution in [3.63, 3.8) is 0 Å². The van der Waals surface area contributed by atoms with Gasteiger partial charge in [0, 0.05) is 7.05 Å². The molecule has 2 unspecified atom stereocenters. The molecule has 2 N–H and O–H groups in total. The van der Waals surface area contributed by atoms with E-state index in [1.54, 1.807) is 6.07 Å². The van der Waals surface area contributed by atoms with Crippen LogP contribution < -0.4 is 4.90 Å². The molecule has 0 bridgehead atoms. The van der Waals surface area contributed by atoms with E-state index < -0.39 is 0 Å². The van der Waals surface area contributed by atoms with Gasteiger partial charge in [0.05, 0.1) is 30.0 Å². The lowest BCUT2D eigenvalue weighted by Crippen LogP contribution is -2.43. The van der Waals surface area contributed by atoms with E-state index in [1.165, 1.54) is 0 Å². The molecule has 0 amide bonds. The fourth-order valence-corrected chi connectivity index (χ4v) is 2.80. The van der Waals surface area contributed by atoms with Gasteiger partial charge >= 0.3 is 0 Å². The van der Waals surface area contributed by atoms with Crippen molar-refractivity contribution in [2.24, 2.45) is 0 Å². The Hall–Kier alpha value is -1.57. The van der Waals surface area contributed by atoms with Crippen LogP contribution in [0.25, 0.3) is 0 Å². The maximum absolute atomic E-state index is 10.1. The van der Waals surface area contributed by atoms with Crippen LogP contribution in [-0.4, -0.2) is 29.4 Å². The second-order valence-corrected chi connectivity index (χ2v) is 5.15. The van der Waals surface area contributed by atoms with Gasteiger partial charge in [0.1, 0.15) is 6.07 Å². The third-order valence-electron chi connectivity index (χ3n) is 3.94. The van der Waals surface area contributed by atoms with Crippen molar-refractivity contribution in [3.05, 3.63) is 29.3 Å². The largest absolute Gasteiger partial charge is 0.392 e. The van der Waals surface area contributed by atoms with Gasteiger partial charge < -0.3 is 15.1 Å². The molecule has 1 aromatic carbocycles. The van der Waals surface area contributed by atoms with Gasteiger partial charge in [-0.1, -0.05) is 18.9 Å². The topological polar surface area (TPSA) is 67.5 Å². The van der Waals surface area contributed by atoms with Gasteiger partial charge in [-0.25, -0.2) is 0 Å². The zero-order valence-electron chi connectivity index (χ0n) is 11.2. The predicted octanol–water partition coefficient (Wildman–Crippen LogP) is 1.79. The third-order valence-corrected chi connectivity index (χ3v) is 3.94. The molecule has 19 heavy (non-hydrogen) atoms. The van der Waals surface area contributed by atoms with Crippen LogP contribution >= 0.6 is 0 Å². The van der Waals surface area contributed by atoms with Gasteiger partial charge in [0.25, 0.3) is 0 Å². The summed E-state index contributed by atoms with van der Waals surface area (Å²) in [5, 5.41) is 28.4. The quantitative estimate of drug-likeness (QED) is 0.869. The number of anilines is 1. The molecule has 102 valence electrons. The first-order valence-corrected chi connectivity index (χ1v) is 6.72. The van der Waals surface area contributed by atoms with E-state index in [1.807, 2.05) is 24.1 Å². The summed E-state index contributed by atoms with van der Waals surface area (Å²) in [6.45, 7) is -0.0648. The smallest absolute Gasteiger partial charge is 0.101 e. The maximum Gasteiger partial charge on any atom is 0.101 e. The fourth-order valence-electron chi connectivity index (χ4n) is 2.80. The van der Waals surface area contributed by atoms with Gasteiger partial charge in [-0.2, -0.15) is 5.26 Å². The van der Waals surface area contributed by atoms with Gasteiger partial charge in [-0.05, 0) is 30.5 Å². The molecule has 1 saturated carbocycles. The Balaban J connectivity index is 2.27. The summed E-state index contributed by atoms with van der Waals surface area (Å²) in [6, 6.07) is 7.62. The standard InChI is InChI=1S/C15H20N2O2/c1-17(14-4-2-3-5-15(14)19)13-7-6-11(10-18)8-12(13)9-16/h6-8,14-15,18-19H,2-5,10H2,1H3. The highest BCUT2D eigenvalue weighted by Crippen LogP contribution is 2.29. The highest BCUT2D eigenvalue weighted by atomic mass is 16.3. The van der Waals surface area contributed by atoms with Crippen LogP contribution in [0.1, 0.15) is 36.8 Å². The molecule has 0 aromatic heterocycles. The van der Waals surface area contributed by atoms with Gasteiger partial charge in [-0.3, -0.25) is 0 Å². The maximum atomic E-state index is 10.1. The number of hydrogen-bond donors (Lipinski definition) is 2. The normalized spacial score (nSPS) is 22.8. The first kappa shape index (κ1) is 13.9. The average Bonchev–Trinajstić information content (AvgIpc) is 2.46. The zero-order valence-corrected chi connectivity index (χ0v) is 11.2. The van der Waals surface area contributed by atoms with Crippen LogP contribution in [-0.2, 0) is 6.61 Å². The van der Waals surface area contributed by atoms with Crippen LogP contribution in [0.5, 0.6) is 0 Å². The second kappa shape index (κ2) is 6.05. The predicted molar refractivity (Wildman–Crippen MR) is 73.7 cm³/mol. The monoisotopic (exact) mass is 260 g/mol. The van der Waals surface area contributed by atoms with E-state index in [4.69, 9.17) is 5.11 Å². The minimum Gasteiger partial charge on any atom is -0.392 e. The molecular weight excluding hydrogens is 240 g/mol. The molecule has 0 saturated heterocycles. The molecule has 0 aliphatic heterocycles. The van der Waals surface area contributed by atoms with E-state index in [0.29, 0.717) is 5.56 Å². The Labute approximate surface area is 113 Å². The first-order valence-electron chi connectivity index (χ1n) is 6.72. The number of benzene rings is 1. The van der Waals surface area contributed by atoms with Crippen LogP contribution in [0.3, 0.4) is 0 Å². The van der Waals surface area contributed by atoms with Gasteiger partial charge in [0.15, 0.2) is 0 Å². The molecule has 0 spiro atoms. The highest BCUT2D eigenvalue weighted by molar-refractivity contribution is 5.60. The van der Waals surface area contributed by atoms with E-state index in [-0.39, 0.29) is 18.8 Å². The first-order chi connectivity index (χ1) is 9.17. The molecule has 1 aliphatic rings. The van der Waals surface area contributed by atoms with Crippen LogP contribution in [0.4, 0.5) is 5.69 Å². The summed E-state index contributed by atoms with van der Waals surface area (Å²) >= 11 is 0. The molecule has 4 heteroatoms. The average molecular weight is 260 g/mol. The number of likely N-dealkylation sites (N-methyl/N-ethyl adjacent to an activating group) is 1. The number of aliphatic hydroxyl groups is 2. The SMILES string of the molecule is CN(c1ccc(CO)cc1C#N)C1CCCCC1O. The third kappa shape index (κ3) is 2.89. The molecule has 1 aliphatic carbocycles. The summed E-state index contributed by atoms with van der Waals surface area (Å²) in [5.74, 6) is 0. The Morgan fingerprint density at radius 2 is 2.11 bits per heavy atom. The molecule has 1 aromatic rings. The Kier molecular flexibility index (Phi) is 4.41. The second-order valence-electron chi connectivity index (χ2n) is 5.15. The zero-order chi connectivity index (χ0) is 13.8. The van der Waals surface area contributed by atoms with Crippen LogP contribution in [0, 0.1) is 11.3 Å². The van der Waals surface area contributed by atoms with Crippen molar-refractivity contribution in [1.29, 1.82) is 5.26 Å². The van der Waals surface area contributed by atoms with Crippen LogP contribution in [0.2, 0.25) is 0 Å². The summed E-state index contributed by atoms with van der Waals surface area (Å²) < 4.78 is 0. The lowest BCUT2D eigenvalue weighted by Gasteiger charge is -2.37. The lowest BCUT2D eigenvalue weighted by molar-refractivity contribution is 0.106. The van der Waals surface area contributed by atoms with Crippen molar-refractivity contribution < 1.29 is 10.2 Å². The van der Waals surface area contributed by atoms with E-state index >= 15 is 0 Å². The summed E-state index contributed by atoms with van der Waals surface area (Å²) in [6.07, 6.45) is 3.63. The molecular formula is C15H20N2O2. The van der Waals surface area contributed by atoms with Crippen LogP contribution in [0.15, 0.2) is 18.2 Å².